The second-order valence-corrected chi connectivity index (χ2v) is 2.52. The first-order valence-electron chi connectivity index (χ1n) is 3.96. The molecule has 0 unspecified atom stereocenters. The molecule has 70 valence electrons. The molecular formula is C9H11NO3. The lowest BCUT2D eigenvalue weighted by Crippen LogP contribution is -2.06. The molecule has 0 aliphatic carbocycles. The zero-order valence-electron chi connectivity index (χ0n) is 7.57. The van der Waals surface area contributed by atoms with Crippen LogP contribution in [0, 0.1) is 0 Å². The summed E-state index contributed by atoms with van der Waals surface area (Å²) in [5.41, 5.74) is 0.787. The number of carbonyl (C=O) groups is 1. The SMILES string of the molecule is CCc1ccc(OC)nc1C(=O)O. The Hall–Kier alpha value is -1.58. The third kappa shape index (κ3) is 1.96. The van der Waals surface area contributed by atoms with Crippen molar-refractivity contribution in [3.8, 4) is 5.88 Å². The zero-order chi connectivity index (χ0) is 9.84. The number of aromatic carboxylic acids is 1. The summed E-state index contributed by atoms with van der Waals surface area (Å²) in [5, 5.41) is 8.80. The third-order valence-corrected chi connectivity index (χ3v) is 1.75. The van der Waals surface area contributed by atoms with Crippen molar-refractivity contribution in [3.05, 3.63) is 23.4 Å². The molecule has 1 heterocycles. The van der Waals surface area contributed by atoms with Gasteiger partial charge in [0.25, 0.3) is 0 Å². The summed E-state index contributed by atoms with van der Waals surface area (Å²) in [6.45, 7) is 1.88. The number of pyridine rings is 1. The standard InChI is InChI=1S/C9H11NO3/c1-3-6-4-5-7(13-2)10-8(6)9(11)12/h4-5H,3H2,1-2H3,(H,11,12). The summed E-state index contributed by atoms with van der Waals surface area (Å²) in [5.74, 6) is -0.689. The molecule has 0 saturated carbocycles. The minimum absolute atomic E-state index is 0.0712. The summed E-state index contributed by atoms with van der Waals surface area (Å²) < 4.78 is 4.83. The summed E-state index contributed by atoms with van der Waals surface area (Å²) in [4.78, 5) is 14.6. The fourth-order valence-electron chi connectivity index (χ4n) is 1.05. The minimum Gasteiger partial charge on any atom is -0.481 e. The summed E-state index contributed by atoms with van der Waals surface area (Å²) in [7, 11) is 1.46. The van der Waals surface area contributed by atoms with Gasteiger partial charge in [0.05, 0.1) is 7.11 Å². The maximum Gasteiger partial charge on any atom is 0.354 e. The van der Waals surface area contributed by atoms with Gasteiger partial charge in [0.2, 0.25) is 5.88 Å². The number of nitrogens with zero attached hydrogens (tertiary/aromatic N) is 1. The van der Waals surface area contributed by atoms with E-state index in [2.05, 4.69) is 4.98 Å². The van der Waals surface area contributed by atoms with Gasteiger partial charge in [-0.3, -0.25) is 0 Å². The van der Waals surface area contributed by atoms with Crippen molar-refractivity contribution in [1.29, 1.82) is 0 Å². The molecule has 0 atom stereocenters. The Balaban J connectivity index is 3.18. The normalized spacial score (nSPS) is 9.69. The average Bonchev–Trinajstić information content (AvgIpc) is 2.16. The first-order valence-corrected chi connectivity index (χ1v) is 3.96. The second kappa shape index (κ2) is 3.89. The molecule has 13 heavy (non-hydrogen) atoms. The van der Waals surface area contributed by atoms with Crippen LogP contribution in [0.25, 0.3) is 0 Å². The van der Waals surface area contributed by atoms with Crippen LogP contribution >= 0.6 is 0 Å². The van der Waals surface area contributed by atoms with Crippen LogP contribution in [0.4, 0.5) is 0 Å². The van der Waals surface area contributed by atoms with E-state index in [1.54, 1.807) is 12.1 Å². The molecule has 0 spiro atoms. The lowest BCUT2D eigenvalue weighted by Gasteiger charge is -2.04. The van der Waals surface area contributed by atoms with Crippen molar-refractivity contribution >= 4 is 5.97 Å². The van der Waals surface area contributed by atoms with Crippen LogP contribution in [0.3, 0.4) is 0 Å². The van der Waals surface area contributed by atoms with Crippen molar-refractivity contribution in [2.75, 3.05) is 7.11 Å². The number of rotatable bonds is 3. The molecule has 0 fully saturated rings. The van der Waals surface area contributed by atoms with Crippen LogP contribution in [0.1, 0.15) is 23.0 Å². The molecule has 0 aliphatic heterocycles. The van der Waals surface area contributed by atoms with E-state index >= 15 is 0 Å². The van der Waals surface area contributed by atoms with Crippen molar-refractivity contribution in [2.45, 2.75) is 13.3 Å². The molecule has 4 nitrogen and oxygen atoms in total. The highest BCUT2D eigenvalue weighted by atomic mass is 16.5. The number of ether oxygens (including phenoxy) is 1. The van der Waals surface area contributed by atoms with E-state index in [0.29, 0.717) is 17.9 Å². The Bertz CT molecular complexity index is 323. The quantitative estimate of drug-likeness (QED) is 0.764. The van der Waals surface area contributed by atoms with Gasteiger partial charge < -0.3 is 9.84 Å². The first kappa shape index (κ1) is 9.51. The van der Waals surface area contributed by atoms with Crippen LogP contribution in [0.2, 0.25) is 0 Å². The molecule has 0 saturated heterocycles. The highest BCUT2D eigenvalue weighted by Gasteiger charge is 2.11. The Morgan fingerprint density at radius 1 is 1.62 bits per heavy atom. The number of hydrogen-bond donors (Lipinski definition) is 1. The zero-order valence-corrected chi connectivity index (χ0v) is 7.57. The van der Waals surface area contributed by atoms with Gasteiger partial charge in [-0.15, -0.1) is 0 Å². The van der Waals surface area contributed by atoms with Gasteiger partial charge in [-0.1, -0.05) is 13.0 Å². The van der Waals surface area contributed by atoms with Gasteiger partial charge in [-0.2, -0.15) is 0 Å². The topological polar surface area (TPSA) is 59.4 Å². The minimum atomic E-state index is -1.02. The second-order valence-electron chi connectivity index (χ2n) is 2.52. The monoisotopic (exact) mass is 181 g/mol. The first-order chi connectivity index (χ1) is 6.19. The van der Waals surface area contributed by atoms with E-state index in [4.69, 9.17) is 9.84 Å². The molecule has 1 rings (SSSR count). The van der Waals surface area contributed by atoms with Gasteiger partial charge in [-0.25, -0.2) is 9.78 Å². The van der Waals surface area contributed by atoms with E-state index in [0.717, 1.165) is 0 Å². The summed E-state index contributed by atoms with van der Waals surface area (Å²) in [6, 6.07) is 3.38. The van der Waals surface area contributed by atoms with E-state index in [1.807, 2.05) is 6.92 Å². The third-order valence-electron chi connectivity index (χ3n) is 1.75. The lowest BCUT2D eigenvalue weighted by molar-refractivity contribution is 0.0688. The molecule has 4 heteroatoms. The fraction of sp³-hybridized carbons (Fsp3) is 0.333. The molecule has 1 aromatic heterocycles. The van der Waals surface area contributed by atoms with Gasteiger partial charge >= 0.3 is 5.97 Å². The maximum atomic E-state index is 10.7. The largest absolute Gasteiger partial charge is 0.481 e. The van der Waals surface area contributed by atoms with Gasteiger partial charge in [0.15, 0.2) is 5.69 Å². The number of methoxy groups -OCH3 is 1. The number of carboxylic acids is 1. The highest BCUT2D eigenvalue weighted by Crippen LogP contribution is 2.13. The summed E-state index contributed by atoms with van der Waals surface area (Å²) in [6.07, 6.45) is 0.651. The van der Waals surface area contributed by atoms with Crippen LogP contribution in [0.15, 0.2) is 12.1 Å². The van der Waals surface area contributed by atoms with Crippen molar-refractivity contribution in [3.63, 3.8) is 0 Å². The number of carboxylic acid groups (broad SMARTS) is 1. The van der Waals surface area contributed by atoms with Crippen molar-refractivity contribution in [2.24, 2.45) is 0 Å². The Labute approximate surface area is 76.2 Å². The molecule has 1 N–H and O–H groups in total. The number of hydrogen-bond acceptors (Lipinski definition) is 3. The summed E-state index contributed by atoms with van der Waals surface area (Å²) >= 11 is 0. The Kier molecular flexibility index (Phi) is 2.84. The van der Waals surface area contributed by atoms with Gasteiger partial charge in [-0.05, 0) is 12.0 Å². The van der Waals surface area contributed by atoms with Gasteiger partial charge in [0.1, 0.15) is 0 Å². The van der Waals surface area contributed by atoms with E-state index in [-0.39, 0.29) is 5.69 Å². The lowest BCUT2D eigenvalue weighted by atomic mass is 10.1. The van der Waals surface area contributed by atoms with E-state index in [1.165, 1.54) is 7.11 Å². The molecule has 0 aliphatic rings. The van der Waals surface area contributed by atoms with E-state index in [9.17, 15) is 4.79 Å². The molecule has 0 radical (unpaired) electrons. The van der Waals surface area contributed by atoms with Crippen molar-refractivity contribution < 1.29 is 14.6 Å². The van der Waals surface area contributed by atoms with E-state index < -0.39 is 5.97 Å². The molecular weight excluding hydrogens is 170 g/mol. The Morgan fingerprint density at radius 2 is 2.31 bits per heavy atom. The van der Waals surface area contributed by atoms with Crippen molar-refractivity contribution in [1.82, 2.24) is 4.98 Å². The van der Waals surface area contributed by atoms with Crippen LogP contribution < -0.4 is 4.74 Å². The van der Waals surface area contributed by atoms with Crippen LogP contribution in [0.5, 0.6) is 5.88 Å². The average molecular weight is 181 g/mol. The maximum absolute atomic E-state index is 10.7. The highest BCUT2D eigenvalue weighted by molar-refractivity contribution is 5.87. The molecule has 0 bridgehead atoms. The molecule has 1 aromatic rings. The smallest absolute Gasteiger partial charge is 0.354 e. The van der Waals surface area contributed by atoms with Gasteiger partial charge in [0, 0.05) is 6.07 Å². The fourth-order valence-corrected chi connectivity index (χ4v) is 1.05. The predicted molar refractivity (Wildman–Crippen MR) is 47.1 cm³/mol. The van der Waals surface area contributed by atoms with Crippen LogP contribution in [-0.4, -0.2) is 23.2 Å². The Morgan fingerprint density at radius 3 is 2.77 bits per heavy atom. The van der Waals surface area contributed by atoms with Crippen LogP contribution in [-0.2, 0) is 6.42 Å². The predicted octanol–water partition coefficient (Wildman–Crippen LogP) is 1.35. The number of aromatic nitrogens is 1. The number of aryl methyl sites for hydroxylation is 1. The molecule has 0 amide bonds. The molecule has 0 aromatic carbocycles.